The van der Waals surface area contributed by atoms with Gasteiger partial charge in [-0.2, -0.15) is 0 Å². The molecule has 4 unspecified atom stereocenters. The van der Waals surface area contributed by atoms with E-state index in [0.717, 1.165) is 5.57 Å². The maximum Gasteiger partial charge on any atom is 0.0848 e. The lowest BCUT2D eigenvalue weighted by Crippen LogP contribution is -2.44. The Bertz CT molecular complexity index is 246. The first-order valence-corrected chi connectivity index (χ1v) is 8.04. The van der Waals surface area contributed by atoms with E-state index < -0.39 is 16.4 Å². The van der Waals surface area contributed by atoms with Crippen LogP contribution in [0, 0.1) is 0 Å². The summed E-state index contributed by atoms with van der Waals surface area (Å²) in [5.41, 5.74) is 0.980. The van der Waals surface area contributed by atoms with Gasteiger partial charge in [-0.25, -0.2) is 0 Å². The Morgan fingerprint density at radius 3 is 2.38 bits per heavy atom. The molecule has 0 radical (unpaired) electrons. The standard InChI is InChI=1S/C10H15Br2Cl3O/c1-6(4-11)7(13)3-8(14)10(2,15)9(16)5-12/h4,7-9,16H,3,5H2,1-2H3. The topological polar surface area (TPSA) is 20.2 Å². The van der Waals surface area contributed by atoms with Gasteiger partial charge in [0.2, 0.25) is 0 Å². The van der Waals surface area contributed by atoms with E-state index in [-0.39, 0.29) is 5.38 Å². The second-order valence-electron chi connectivity index (χ2n) is 3.85. The lowest BCUT2D eigenvalue weighted by Gasteiger charge is -2.32. The Balaban J connectivity index is 4.51. The van der Waals surface area contributed by atoms with Crippen molar-refractivity contribution in [3.05, 3.63) is 10.6 Å². The van der Waals surface area contributed by atoms with Crippen molar-refractivity contribution in [1.82, 2.24) is 0 Å². The van der Waals surface area contributed by atoms with Gasteiger partial charge in [0.25, 0.3) is 0 Å². The highest BCUT2D eigenvalue weighted by Gasteiger charge is 2.38. The van der Waals surface area contributed by atoms with Gasteiger partial charge in [-0.3, -0.25) is 0 Å². The number of hydrogen-bond donors (Lipinski definition) is 1. The van der Waals surface area contributed by atoms with Gasteiger partial charge in [0.1, 0.15) is 0 Å². The fraction of sp³-hybridized carbons (Fsp3) is 0.800. The van der Waals surface area contributed by atoms with Crippen LogP contribution in [-0.2, 0) is 0 Å². The van der Waals surface area contributed by atoms with E-state index in [1.165, 1.54) is 0 Å². The molecule has 1 nitrogen and oxygen atoms in total. The van der Waals surface area contributed by atoms with Crippen molar-refractivity contribution >= 4 is 66.7 Å². The van der Waals surface area contributed by atoms with Crippen LogP contribution in [0.4, 0.5) is 0 Å². The van der Waals surface area contributed by atoms with Crippen LogP contribution in [0.1, 0.15) is 20.3 Å². The molecule has 6 heteroatoms. The molecular formula is C10H15Br2Cl3O. The minimum atomic E-state index is -0.898. The zero-order chi connectivity index (χ0) is 12.9. The first kappa shape index (κ1) is 17.5. The molecule has 0 aliphatic rings. The van der Waals surface area contributed by atoms with Crippen LogP contribution in [0.25, 0.3) is 0 Å². The Morgan fingerprint density at radius 2 is 2.00 bits per heavy atom. The number of aliphatic hydroxyl groups is 1. The SMILES string of the molecule is CC(=CBr)C(Cl)CC(Cl)C(C)(Cl)C(O)CBr. The minimum Gasteiger partial charge on any atom is -0.390 e. The summed E-state index contributed by atoms with van der Waals surface area (Å²) in [5.74, 6) is 0. The molecular weight excluding hydrogens is 402 g/mol. The molecule has 0 saturated heterocycles. The highest BCUT2D eigenvalue weighted by Crippen LogP contribution is 2.34. The second kappa shape index (κ2) is 7.85. The monoisotopic (exact) mass is 414 g/mol. The predicted molar refractivity (Wildman–Crippen MR) is 80.6 cm³/mol. The van der Waals surface area contributed by atoms with Gasteiger partial charge in [-0.05, 0) is 30.8 Å². The van der Waals surface area contributed by atoms with Gasteiger partial charge in [0.15, 0.2) is 0 Å². The molecule has 0 aromatic rings. The average molecular weight is 417 g/mol. The van der Waals surface area contributed by atoms with E-state index in [1.54, 1.807) is 11.9 Å². The molecule has 4 atom stereocenters. The zero-order valence-corrected chi connectivity index (χ0v) is 14.5. The van der Waals surface area contributed by atoms with Crippen molar-refractivity contribution in [1.29, 1.82) is 0 Å². The van der Waals surface area contributed by atoms with Crippen LogP contribution in [0.15, 0.2) is 10.6 Å². The van der Waals surface area contributed by atoms with E-state index in [2.05, 4.69) is 31.9 Å². The molecule has 0 aromatic heterocycles. The van der Waals surface area contributed by atoms with Crippen LogP contribution in [-0.4, -0.2) is 32.2 Å². The van der Waals surface area contributed by atoms with E-state index in [1.807, 2.05) is 6.92 Å². The fourth-order valence-corrected chi connectivity index (χ4v) is 3.18. The Morgan fingerprint density at radius 1 is 1.50 bits per heavy atom. The zero-order valence-electron chi connectivity index (χ0n) is 9.06. The molecule has 0 aromatic carbocycles. The van der Waals surface area contributed by atoms with Gasteiger partial charge >= 0.3 is 0 Å². The Hall–Kier alpha value is 1.53. The molecule has 0 amide bonds. The minimum absolute atomic E-state index is 0.192. The maximum atomic E-state index is 9.73. The van der Waals surface area contributed by atoms with E-state index in [4.69, 9.17) is 34.8 Å². The van der Waals surface area contributed by atoms with Crippen LogP contribution >= 0.6 is 66.7 Å². The Kier molecular flexibility index (Phi) is 8.61. The largest absolute Gasteiger partial charge is 0.390 e. The molecule has 0 heterocycles. The predicted octanol–water partition coefficient (Wildman–Crippen LogP) is 4.64. The number of rotatable bonds is 6. The first-order chi connectivity index (χ1) is 7.27. The number of allylic oxidation sites excluding steroid dienone is 1. The Labute approximate surface area is 129 Å². The molecule has 0 bridgehead atoms. The van der Waals surface area contributed by atoms with Gasteiger partial charge in [-0.15, -0.1) is 34.8 Å². The van der Waals surface area contributed by atoms with Crippen molar-refractivity contribution in [3.8, 4) is 0 Å². The summed E-state index contributed by atoms with van der Waals surface area (Å²) in [6, 6.07) is 0. The summed E-state index contributed by atoms with van der Waals surface area (Å²) in [6.45, 7) is 3.62. The lowest BCUT2D eigenvalue weighted by atomic mass is 9.96. The normalized spacial score (nSPS) is 22.4. The van der Waals surface area contributed by atoms with Gasteiger partial charge in [0.05, 0.1) is 21.7 Å². The van der Waals surface area contributed by atoms with Gasteiger partial charge < -0.3 is 5.11 Å². The quantitative estimate of drug-likeness (QED) is 0.625. The van der Waals surface area contributed by atoms with Crippen LogP contribution in [0.3, 0.4) is 0 Å². The molecule has 0 aliphatic carbocycles. The second-order valence-corrected chi connectivity index (χ2v) is 6.82. The summed E-state index contributed by atoms with van der Waals surface area (Å²) in [5, 5.41) is 9.52. The molecule has 0 spiro atoms. The smallest absolute Gasteiger partial charge is 0.0848 e. The fourth-order valence-electron chi connectivity index (χ4n) is 1.03. The lowest BCUT2D eigenvalue weighted by molar-refractivity contribution is 0.152. The maximum absolute atomic E-state index is 9.73. The average Bonchev–Trinajstić information content (AvgIpc) is 2.26. The van der Waals surface area contributed by atoms with Crippen molar-refractivity contribution in [2.24, 2.45) is 0 Å². The summed E-state index contributed by atoms with van der Waals surface area (Å²) in [6.07, 6.45) is -0.213. The molecule has 0 aliphatic heterocycles. The number of alkyl halides is 4. The molecule has 16 heavy (non-hydrogen) atoms. The van der Waals surface area contributed by atoms with Crippen molar-refractivity contribution in [2.45, 2.75) is 42.0 Å². The highest BCUT2D eigenvalue weighted by molar-refractivity contribution is 9.11. The van der Waals surface area contributed by atoms with E-state index in [0.29, 0.717) is 11.8 Å². The summed E-state index contributed by atoms with van der Waals surface area (Å²) >= 11 is 25.0. The third-order valence-corrected chi connectivity index (χ3v) is 5.61. The third kappa shape index (κ3) is 5.03. The van der Waals surface area contributed by atoms with Crippen molar-refractivity contribution < 1.29 is 5.11 Å². The first-order valence-electron chi connectivity index (χ1n) is 4.75. The summed E-state index contributed by atoms with van der Waals surface area (Å²) in [7, 11) is 0. The molecule has 0 saturated carbocycles. The van der Waals surface area contributed by atoms with E-state index >= 15 is 0 Å². The van der Waals surface area contributed by atoms with Crippen LogP contribution < -0.4 is 0 Å². The molecule has 0 fully saturated rings. The third-order valence-electron chi connectivity index (χ3n) is 2.49. The van der Waals surface area contributed by atoms with Gasteiger partial charge in [-0.1, -0.05) is 31.9 Å². The van der Waals surface area contributed by atoms with Crippen LogP contribution in [0.5, 0.6) is 0 Å². The number of aliphatic hydroxyl groups excluding tert-OH is 1. The number of hydrogen-bond acceptors (Lipinski definition) is 1. The number of halogens is 5. The summed E-state index contributed by atoms with van der Waals surface area (Å²) < 4.78 is 0. The van der Waals surface area contributed by atoms with E-state index in [9.17, 15) is 5.11 Å². The van der Waals surface area contributed by atoms with Crippen molar-refractivity contribution in [3.63, 3.8) is 0 Å². The molecule has 96 valence electrons. The molecule has 0 rings (SSSR count). The highest BCUT2D eigenvalue weighted by atomic mass is 79.9. The van der Waals surface area contributed by atoms with Crippen molar-refractivity contribution in [2.75, 3.05) is 5.33 Å². The van der Waals surface area contributed by atoms with Gasteiger partial charge in [0, 0.05) is 5.33 Å². The van der Waals surface area contributed by atoms with Crippen LogP contribution in [0.2, 0.25) is 0 Å². The summed E-state index contributed by atoms with van der Waals surface area (Å²) in [4.78, 5) is 0.867. The molecule has 1 N–H and O–H groups in total.